The minimum absolute atomic E-state index is 0.108. The molecule has 0 radical (unpaired) electrons. The molecule has 148 valence electrons. The Morgan fingerprint density at radius 1 is 1.03 bits per heavy atom. The average Bonchev–Trinajstić information content (AvgIpc) is 2.66. The van der Waals surface area contributed by atoms with Crippen molar-refractivity contribution in [2.45, 2.75) is 23.2 Å². The molecule has 0 spiro atoms. The fourth-order valence-electron chi connectivity index (χ4n) is 3.20. The predicted octanol–water partition coefficient (Wildman–Crippen LogP) is 5.50. The van der Waals surface area contributed by atoms with Crippen molar-refractivity contribution in [3.05, 3.63) is 84.6 Å². The molecule has 1 aliphatic heterocycles. The number of carbonyl (C=O) groups excluding carboxylic acids is 1. The Labute approximate surface area is 185 Å². The summed E-state index contributed by atoms with van der Waals surface area (Å²) < 4.78 is 0. The lowest BCUT2D eigenvalue weighted by atomic mass is 9.87. The second-order valence-corrected chi connectivity index (χ2v) is 8.76. The van der Waals surface area contributed by atoms with Crippen molar-refractivity contribution in [3.8, 4) is 0 Å². The normalized spacial score (nSPS) is 15.7. The van der Waals surface area contributed by atoms with Crippen LogP contribution >= 0.6 is 46.6 Å². The molecule has 1 atom stereocenters. The summed E-state index contributed by atoms with van der Waals surface area (Å²) in [5.41, 5.74) is 1.80. The van der Waals surface area contributed by atoms with E-state index >= 15 is 0 Å². The minimum atomic E-state index is -0.491. The lowest BCUT2D eigenvalue weighted by Crippen LogP contribution is -2.31. The van der Waals surface area contributed by atoms with Gasteiger partial charge in [-0.25, -0.2) is 4.98 Å². The summed E-state index contributed by atoms with van der Waals surface area (Å²) in [6.45, 7) is 0. The first-order valence-corrected chi connectivity index (χ1v) is 10.8. The zero-order valence-corrected chi connectivity index (χ0v) is 17.9. The van der Waals surface area contributed by atoms with E-state index < -0.39 is 5.92 Å². The number of hydrogen-bond donors (Lipinski definition) is 2. The summed E-state index contributed by atoms with van der Waals surface area (Å²) in [4.78, 5) is 32.4. The summed E-state index contributed by atoms with van der Waals surface area (Å²) in [5.74, 6) is 0.147. The molecule has 0 aliphatic carbocycles. The van der Waals surface area contributed by atoms with E-state index in [1.54, 1.807) is 30.3 Å². The van der Waals surface area contributed by atoms with Gasteiger partial charge in [-0.05, 0) is 35.4 Å². The molecular weight excluding hydrogens is 453 g/mol. The monoisotopic (exact) mass is 465 g/mol. The molecule has 1 aromatic heterocycles. The first-order valence-electron chi connectivity index (χ1n) is 8.67. The summed E-state index contributed by atoms with van der Waals surface area (Å²) in [6.07, 6.45) is 0.108. The van der Waals surface area contributed by atoms with Gasteiger partial charge >= 0.3 is 0 Å². The number of H-pyrrole nitrogens is 1. The third-order valence-electron chi connectivity index (χ3n) is 4.56. The molecule has 2 aromatic carbocycles. The maximum atomic E-state index is 12.9. The molecule has 5 nitrogen and oxygen atoms in total. The molecule has 1 aliphatic rings. The third kappa shape index (κ3) is 4.46. The second kappa shape index (κ2) is 8.40. The van der Waals surface area contributed by atoms with Crippen molar-refractivity contribution in [3.63, 3.8) is 0 Å². The molecule has 2 heterocycles. The molecule has 2 N–H and O–H groups in total. The number of aromatic nitrogens is 2. The van der Waals surface area contributed by atoms with Crippen LogP contribution in [0.1, 0.15) is 29.0 Å². The molecular formula is C20H14Cl3N3O2S. The molecule has 4 rings (SSSR count). The molecule has 0 bridgehead atoms. The zero-order chi connectivity index (χ0) is 20.5. The Kier molecular flexibility index (Phi) is 5.88. The number of aromatic amines is 1. The van der Waals surface area contributed by atoms with E-state index in [2.05, 4.69) is 15.3 Å². The largest absolute Gasteiger partial charge is 0.310 e. The molecule has 9 heteroatoms. The number of amides is 1. The number of anilines is 1. The quantitative estimate of drug-likeness (QED) is 0.393. The maximum Gasteiger partial charge on any atom is 0.257 e. The van der Waals surface area contributed by atoms with Crippen LogP contribution in [0.25, 0.3) is 0 Å². The van der Waals surface area contributed by atoms with E-state index in [0.717, 1.165) is 5.56 Å². The SMILES string of the molecule is O=C1CC(c2ccc(Cl)cc2Cl)c2c(nc(SCc3ccc(Cl)cc3)[nH]c2=O)N1. The molecule has 1 unspecified atom stereocenters. The van der Waals surface area contributed by atoms with Crippen LogP contribution in [0.5, 0.6) is 0 Å². The number of halogens is 3. The molecule has 29 heavy (non-hydrogen) atoms. The number of nitrogens with one attached hydrogen (secondary N) is 2. The van der Waals surface area contributed by atoms with Gasteiger partial charge in [0.15, 0.2) is 5.16 Å². The molecule has 0 saturated heterocycles. The van der Waals surface area contributed by atoms with Crippen LogP contribution in [0.4, 0.5) is 5.82 Å². The number of rotatable bonds is 4. The predicted molar refractivity (Wildman–Crippen MR) is 117 cm³/mol. The van der Waals surface area contributed by atoms with Gasteiger partial charge in [-0.3, -0.25) is 9.59 Å². The number of fused-ring (bicyclic) bond motifs is 1. The smallest absolute Gasteiger partial charge is 0.257 e. The van der Waals surface area contributed by atoms with Gasteiger partial charge in [0.1, 0.15) is 5.82 Å². The van der Waals surface area contributed by atoms with E-state index in [-0.39, 0.29) is 23.7 Å². The topological polar surface area (TPSA) is 74.8 Å². The highest BCUT2D eigenvalue weighted by Crippen LogP contribution is 2.38. The Bertz CT molecular complexity index is 1150. The molecule has 1 amide bonds. The molecule has 0 fully saturated rings. The van der Waals surface area contributed by atoms with Gasteiger partial charge in [-0.1, -0.05) is 64.8 Å². The number of nitrogens with zero attached hydrogens (tertiary/aromatic N) is 1. The number of thioether (sulfide) groups is 1. The Balaban J connectivity index is 1.66. The van der Waals surface area contributed by atoms with Crippen LogP contribution in [-0.4, -0.2) is 15.9 Å². The Hall–Kier alpha value is -1.99. The Morgan fingerprint density at radius 3 is 2.48 bits per heavy atom. The average molecular weight is 467 g/mol. The highest BCUT2D eigenvalue weighted by molar-refractivity contribution is 7.98. The van der Waals surface area contributed by atoms with E-state index in [4.69, 9.17) is 34.8 Å². The zero-order valence-electron chi connectivity index (χ0n) is 14.8. The summed E-state index contributed by atoms with van der Waals surface area (Å²) in [5, 5.41) is 4.68. The number of carbonyl (C=O) groups is 1. The van der Waals surface area contributed by atoms with Crippen LogP contribution in [0, 0.1) is 0 Å². The summed E-state index contributed by atoms with van der Waals surface area (Å²) >= 11 is 19.6. The summed E-state index contributed by atoms with van der Waals surface area (Å²) in [7, 11) is 0. The standard InChI is InChI=1S/C20H14Cl3N3O2S/c21-11-3-1-10(2-4-11)9-29-20-25-18-17(19(28)26-20)14(8-16(27)24-18)13-6-5-12(22)7-15(13)23/h1-7,14H,8-9H2,(H2,24,25,26,27,28). The Morgan fingerprint density at radius 2 is 1.76 bits per heavy atom. The van der Waals surface area contributed by atoms with Crippen LogP contribution in [0.3, 0.4) is 0 Å². The molecule has 3 aromatic rings. The number of benzene rings is 2. The minimum Gasteiger partial charge on any atom is -0.310 e. The second-order valence-electron chi connectivity index (χ2n) is 6.52. The van der Waals surface area contributed by atoms with E-state index in [0.29, 0.717) is 37.1 Å². The lowest BCUT2D eigenvalue weighted by molar-refractivity contribution is -0.116. The fraction of sp³-hybridized carbons (Fsp3) is 0.150. The van der Waals surface area contributed by atoms with Gasteiger partial charge in [0, 0.05) is 33.2 Å². The van der Waals surface area contributed by atoms with E-state index in [1.165, 1.54) is 11.8 Å². The van der Waals surface area contributed by atoms with Gasteiger partial charge in [-0.2, -0.15) is 0 Å². The highest BCUT2D eigenvalue weighted by Gasteiger charge is 2.32. The van der Waals surface area contributed by atoms with Crippen LogP contribution in [0.15, 0.2) is 52.4 Å². The van der Waals surface area contributed by atoms with Gasteiger partial charge in [0.25, 0.3) is 5.56 Å². The number of hydrogen-bond acceptors (Lipinski definition) is 4. The van der Waals surface area contributed by atoms with Crippen molar-refractivity contribution in [1.82, 2.24) is 9.97 Å². The summed E-state index contributed by atoms with van der Waals surface area (Å²) in [6, 6.07) is 12.5. The molecule has 0 saturated carbocycles. The van der Waals surface area contributed by atoms with Gasteiger partial charge in [0.05, 0.1) is 5.56 Å². The fourth-order valence-corrected chi connectivity index (χ4v) is 4.68. The van der Waals surface area contributed by atoms with Crippen LogP contribution in [0.2, 0.25) is 15.1 Å². The first kappa shape index (κ1) is 20.3. The van der Waals surface area contributed by atoms with Gasteiger partial charge < -0.3 is 10.3 Å². The van der Waals surface area contributed by atoms with Crippen molar-refractivity contribution >= 4 is 58.3 Å². The highest BCUT2D eigenvalue weighted by atomic mass is 35.5. The van der Waals surface area contributed by atoms with E-state index in [9.17, 15) is 9.59 Å². The van der Waals surface area contributed by atoms with Crippen molar-refractivity contribution in [1.29, 1.82) is 0 Å². The van der Waals surface area contributed by atoms with Gasteiger partial charge in [-0.15, -0.1) is 0 Å². The lowest BCUT2D eigenvalue weighted by Gasteiger charge is -2.25. The van der Waals surface area contributed by atoms with E-state index in [1.807, 2.05) is 12.1 Å². The van der Waals surface area contributed by atoms with Crippen molar-refractivity contribution < 1.29 is 4.79 Å². The maximum absolute atomic E-state index is 12.9. The third-order valence-corrected chi connectivity index (χ3v) is 6.31. The van der Waals surface area contributed by atoms with Crippen LogP contribution < -0.4 is 10.9 Å². The van der Waals surface area contributed by atoms with Gasteiger partial charge in [0.2, 0.25) is 5.91 Å². The van der Waals surface area contributed by atoms with Crippen molar-refractivity contribution in [2.75, 3.05) is 5.32 Å². The van der Waals surface area contributed by atoms with Crippen LogP contribution in [-0.2, 0) is 10.5 Å². The van der Waals surface area contributed by atoms with Crippen molar-refractivity contribution in [2.24, 2.45) is 0 Å². The first-order chi connectivity index (χ1) is 13.9.